The van der Waals surface area contributed by atoms with E-state index in [-0.39, 0.29) is 53.3 Å². The van der Waals surface area contributed by atoms with Gasteiger partial charge in [-0.25, -0.2) is 0 Å². The molecule has 66 heavy (non-hydrogen) atoms. The summed E-state index contributed by atoms with van der Waals surface area (Å²) < 4.78 is 30.6. The van der Waals surface area contributed by atoms with Crippen molar-refractivity contribution in [2.45, 2.75) is 224 Å². The highest BCUT2D eigenvalue weighted by Gasteiger charge is 2.67. The molecule has 0 aromatic carbocycles. The second-order valence-electron chi connectivity index (χ2n) is 23.8. The van der Waals surface area contributed by atoms with Crippen LogP contribution < -0.4 is 0 Å². The topological polar surface area (TPSA) is 269 Å². The van der Waals surface area contributed by atoms with Crippen LogP contribution in [0, 0.1) is 57.2 Å². The molecule has 16 heteroatoms. The van der Waals surface area contributed by atoms with Gasteiger partial charge in [-0.15, -0.1) is 0 Å². The van der Waals surface area contributed by atoms with Crippen LogP contribution in [0.15, 0.2) is 11.6 Å². The van der Waals surface area contributed by atoms with Crippen LogP contribution in [-0.4, -0.2) is 174 Å². The Hall–Kier alpha value is -0.900. The third-order valence-corrected chi connectivity index (χ3v) is 19.5. The molecule has 0 spiro atoms. The smallest absolute Gasteiger partial charge is 0.187 e. The Labute approximate surface area is 391 Å². The van der Waals surface area contributed by atoms with Crippen molar-refractivity contribution < 1.29 is 79.9 Å². The Morgan fingerprint density at radius 3 is 2.00 bits per heavy atom. The summed E-state index contributed by atoms with van der Waals surface area (Å²) in [5.74, 6) is 0.429. The molecule has 382 valence electrons. The van der Waals surface area contributed by atoms with E-state index in [9.17, 15) is 56.2 Å². The van der Waals surface area contributed by atoms with Gasteiger partial charge in [-0.1, -0.05) is 60.1 Å². The zero-order valence-corrected chi connectivity index (χ0v) is 40.9. The van der Waals surface area contributed by atoms with Crippen LogP contribution in [0.5, 0.6) is 0 Å². The van der Waals surface area contributed by atoms with Gasteiger partial charge in [0.15, 0.2) is 12.6 Å². The van der Waals surface area contributed by atoms with E-state index >= 15 is 0 Å². The van der Waals surface area contributed by atoms with Crippen LogP contribution in [0.2, 0.25) is 0 Å². The lowest BCUT2D eigenvalue weighted by Crippen LogP contribution is -2.61. The third-order valence-electron chi connectivity index (χ3n) is 19.5. The van der Waals surface area contributed by atoms with Crippen LogP contribution >= 0.6 is 0 Å². The zero-order chi connectivity index (χ0) is 48.6. The maximum Gasteiger partial charge on any atom is 0.187 e. The van der Waals surface area contributed by atoms with E-state index in [0.717, 1.165) is 51.4 Å². The molecule has 4 saturated carbocycles. The normalized spacial score (nSPS) is 50.4. The van der Waals surface area contributed by atoms with Crippen molar-refractivity contribution in [1.29, 1.82) is 0 Å². The predicted octanol–water partition coefficient (Wildman–Crippen LogP) is 1.91. The molecule has 0 bridgehead atoms. The fraction of sp³-hybridized carbons (Fsp3) is 0.960. The summed E-state index contributed by atoms with van der Waals surface area (Å²) in [6.07, 6.45) is -6.91. The van der Waals surface area contributed by atoms with Crippen molar-refractivity contribution in [3.8, 4) is 0 Å². The van der Waals surface area contributed by atoms with Crippen molar-refractivity contribution >= 4 is 0 Å². The van der Waals surface area contributed by atoms with Crippen LogP contribution in [0.4, 0.5) is 0 Å². The molecule has 7 aliphatic rings. The fourth-order valence-electron chi connectivity index (χ4n) is 14.8. The Balaban J connectivity index is 0.997. The summed E-state index contributed by atoms with van der Waals surface area (Å²) in [6.45, 7) is 18.1. The van der Waals surface area contributed by atoms with Gasteiger partial charge in [-0.3, -0.25) is 0 Å². The number of aliphatic hydroxyl groups excluding tert-OH is 10. The molecular formula is C50H86O16. The van der Waals surface area contributed by atoms with Gasteiger partial charge in [0, 0.05) is 23.9 Å². The Kier molecular flexibility index (Phi) is 15.7. The minimum Gasteiger partial charge on any atom is -0.396 e. The zero-order valence-electron chi connectivity index (χ0n) is 40.9. The lowest BCUT2D eigenvalue weighted by atomic mass is 9.39. The Morgan fingerprint density at radius 2 is 1.36 bits per heavy atom. The molecule has 3 unspecified atom stereocenters. The van der Waals surface area contributed by atoms with E-state index in [2.05, 4.69) is 47.6 Å². The van der Waals surface area contributed by atoms with Crippen LogP contribution in [0.1, 0.15) is 127 Å². The molecule has 0 aromatic heterocycles. The summed E-state index contributed by atoms with van der Waals surface area (Å²) in [6, 6.07) is 0. The van der Waals surface area contributed by atoms with Gasteiger partial charge >= 0.3 is 0 Å². The minimum atomic E-state index is -1.63. The lowest BCUT2D eigenvalue weighted by molar-refractivity contribution is -0.326. The highest BCUT2D eigenvalue weighted by molar-refractivity contribution is 5.30. The second-order valence-corrected chi connectivity index (χ2v) is 23.8. The summed E-state index contributed by atoms with van der Waals surface area (Å²) in [5.41, 5.74) is -0.180. The first-order valence-electron chi connectivity index (χ1n) is 25.1. The molecule has 2 saturated heterocycles. The molecule has 11 N–H and O–H groups in total. The quantitative estimate of drug-likeness (QED) is 0.111. The molecule has 6 fully saturated rings. The van der Waals surface area contributed by atoms with E-state index in [4.69, 9.17) is 23.7 Å². The molecule has 5 aliphatic carbocycles. The number of allylic oxidation sites excluding steroid dienone is 1. The minimum absolute atomic E-state index is 0.0566. The van der Waals surface area contributed by atoms with E-state index in [0.29, 0.717) is 24.2 Å². The van der Waals surface area contributed by atoms with E-state index in [1.54, 1.807) is 20.8 Å². The molecule has 0 radical (unpaired) electrons. The van der Waals surface area contributed by atoms with E-state index in [1.165, 1.54) is 5.57 Å². The number of fused-ring (bicyclic) bond motifs is 5. The summed E-state index contributed by atoms with van der Waals surface area (Å²) in [4.78, 5) is 0. The molecular weight excluding hydrogens is 857 g/mol. The monoisotopic (exact) mass is 943 g/mol. The largest absolute Gasteiger partial charge is 0.396 e. The summed E-state index contributed by atoms with van der Waals surface area (Å²) >= 11 is 0. The van der Waals surface area contributed by atoms with Gasteiger partial charge in [0.25, 0.3) is 0 Å². The number of hydrogen-bond acceptors (Lipinski definition) is 16. The van der Waals surface area contributed by atoms with Crippen molar-refractivity contribution in [3.63, 3.8) is 0 Å². The van der Waals surface area contributed by atoms with Gasteiger partial charge in [0.2, 0.25) is 0 Å². The first-order chi connectivity index (χ1) is 30.8. The maximum absolute atomic E-state index is 11.4. The first kappa shape index (κ1) is 52.9. The van der Waals surface area contributed by atoms with Crippen molar-refractivity contribution in [3.05, 3.63) is 11.6 Å². The third kappa shape index (κ3) is 9.15. The molecule has 2 heterocycles. The SMILES string of the molecule is C[C@H]1[C@H](O)[C@@H](CO)C[C@@H](OC[C@H]2O[C@@H](O[C@H](CC[C@@H](C)C3CC[C@@]4(C)C5CC=C6C(CC[C@H](O[C@@H]7O[C@H](CO)[C@@H](O)[C@H](O)[C@H]7O)C6(C)C)[C@]5(C)CC[C@]34C)C(C)(C)O)[C@H](O)[C@@H](O)[C@@H]2O)[C@@H]1O. The van der Waals surface area contributed by atoms with E-state index < -0.39 is 110 Å². The highest BCUT2D eigenvalue weighted by atomic mass is 16.7. The van der Waals surface area contributed by atoms with Gasteiger partial charge in [-0.05, 0) is 118 Å². The number of hydrogen-bond donors (Lipinski definition) is 11. The lowest BCUT2D eigenvalue weighted by Gasteiger charge is -2.66. The maximum atomic E-state index is 11.4. The average Bonchev–Trinajstić information content (AvgIpc) is 3.55. The van der Waals surface area contributed by atoms with Crippen molar-refractivity contribution in [2.75, 3.05) is 19.8 Å². The standard InChI is InChI=1S/C50H86O16/c1-24(10-14-35(47(5,6)61)66-45-43(60)41(58)39(56)32(64-45)23-62-30-20-26(21-51)36(53)25(2)37(30)54)27-16-17-50(9)33-13-11-28-29(48(33,7)18-19-49(27,50)8)12-15-34(46(28,3)4)65-44-42(59)40(57)38(55)31(22-52)63-44/h11,24-27,29-45,51-61H,10,12-23H2,1-9H3/t24-,25+,26-,27?,29?,30-,31-,32-,33?,34+,35-,36+,37-,38-,39-,40+,41+,42-,43-,44+,45+,48+,49-,50+/m1/s1. The second kappa shape index (κ2) is 19.6. The van der Waals surface area contributed by atoms with Gasteiger partial charge in [0.1, 0.15) is 48.8 Å². The number of ether oxygens (including phenoxy) is 5. The van der Waals surface area contributed by atoms with Crippen LogP contribution in [-0.2, 0) is 23.7 Å². The average molecular weight is 943 g/mol. The number of aliphatic hydroxyl groups is 11. The highest BCUT2D eigenvalue weighted by Crippen LogP contribution is 2.75. The molecule has 24 atom stereocenters. The summed E-state index contributed by atoms with van der Waals surface area (Å²) in [7, 11) is 0. The molecule has 0 aromatic rings. The first-order valence-corrected chi connectivity index (χ1v) is 25.1. The molecule has 0 amide bonds. The molecule has 7 rings (SSSR count). The van der Waals surface area contributed by atoms with Crippen molar-refractivity contribution in [1.82, 2.24) is 0 Å². The van der Waals surface area contributed by atoms with E-state index in [1.807, 2.05) is 0 Å². The summed E-state index contributed by atoms with van der Waals surface area (Å²) in [5, 5.41) is 117. The Morgan fingerprint density at radius 1 is 0.727 bits per heavy atom. The van der Waals surface area contributed by atoms with Crippen LogP contribution in [0.25, 0.3) is 0 Å². The predicted molar refractivity (Wildman–Crippen MR) is 240 cm³/mol. The van der Waals surface area contributed by atoms with Crippen LogP contribution in [0.3, 0.4) is 0 Å². The molecule has 16 nitrogen and oxygen atoms in total. The molecule has 2 aliphatic heterocycles. The van der Waals surface area contributed by atoms with Gasteiger partial charge < -0.3 is 79.9 Å². The number of rotatable bonds is 14. The Bertz CT molecular complexity index is 1670. The fourth-order valence-corrected chi connectivity index (χ4v) is 14.8. The van der Waals surface area contributed by atoms with Crippen molar-refractivity contribution in [2.24, 2.45) is 57.2 Å². The van der Waals surface area contributed by atoms with Gasteiger partial charge in [-0.2, -0.15) is 0 Å². The van der Waals surface area contributed by atoms with Gasteiger partial charge in [0.05, 0.1) is 49.3 Å².